The summed E-state index contributed by atoms with van der Waals surface area (Å²) in [6.45, 7) is 0.137. The van der Waals surface area contributed by atoms with Crippen molar-refractivity contribution in [1.29, 1.82) is 0 Å². The molecule has 0 amide bonds. The summed E-state index contributed by atoms with van der Waals surface area (Å²) in [4.78, 5) is 10.5. The van der Waals surface area contributed by atoms with E-state index in [2.05, 4.69) is 0 Å². The molecule has 1 aliphatic carbocycles. The fraction of sp³-hybridized carbons (Fsp3) is 0.500. The van der Waals surface area contributed by atoms with Gasteiger partial charge in [0.25, 0.3) is 0 Å². The number of sulfonamides is 1. The Labute approximate surface area is 123 Å². The molecule has 7 heteroatoms. The summed E-state index contributed by atoms with van der Waals surface area (Å²) >= 11 is 0. The van der Waals surface area contributed by atoms with Crippen LogP contribution in [0.3, 0.4) is 0 Å². The molecule has 0 spiro atoms. The van der Waals surface area contributed by atoms with Crippen molar-refractivity contribution < 1.29 is 22.7 Å². The lowest BCUT2D eigenvalue weighted by atomic mass is 10.2. The summed E-state index contributed by atoms with van der Waals surface area (Å²) in [7, 11) is -3.52. The van der Waals surface area contributed by atoms with Gasteiger partial charge in [-0.25, -0.2) is 12.8 Å². The number of carboxylic acid groups (broad SMARTS) is 1. The van der Waals surface area contributed by atoms with Crippen molar-refractivity contribution in [3.8, 4) is 0 Å². The van der Waals surface area contributed by atoms with Crippen LogP contribution in [0.5, 0.6) is 0 Å². The first-order chi connectivity index (χ1) is 9.88. The van der Waals surface area contributed by atoms with Crippen LogP contribution in [0.25, 0.3) is 0 Å². The summed E-state index contributed by atoms with van der Waals surface area (Å²) < 4.78 is 39.2. The molecule has 1 aromatic carbocycles. The number of aliphatic carboxylic acids is 1. The molecule has 0 atom stereocenters. The Balaban J connectivity index is 2.06. The highest BCUT2D eigenvalue weighted by molar-refractivity contribution is 7.89. The second kappa shape index (κ2) is 6.53. The van der Waals surface area contributed by atoms with Crippen LogP contribution in [0.1, 0.15) is 31.2 Å². The van der Waals surface area contributed by atoms with Crippen LogP contribution in [-0.2, 0) is 21.4 Å². The van der Waals surface area contributed by atoms with Crippen LogP contribution in [0.4, 0.5) is 4.39 Å². The summed E-state index contributed by atoms with van der Waals surface area (Å²) in [6.07, 6.45) is 1.52. The van der Waals surface area contributed by atoms with Crippen LogP contribution in [-0.4, -0.2) is 35.6 Å². The van der Waals surface area contributed by atoms with Gasteiger partial charge in [-0.2, -0.15) is 4.31 Å². The third-order valence-electron chi connectivity index (χ3n) is 3.33. The van der Waals surface area contributed by atoms with Crippen molar-refractivity contribution in [2.75, 3.05) is 5.75 Å². The Hall–Kier alpha value is -1.47. The van der Waals surface area contributed by atoms with Crippen LogP contribution < -0.4 is 0 Å². The molecule has 1 saturated carbocycles. The van der Waals surface area contributed by atoms with Crippen LogP contribution in [0.2, 0.25) is 0 Å². The molecule has 2 rings (SSSR count). The third-order valence-corrected chi connectivity index (χ3v) is 5.28. The number of benzene rings is 1. The van der Waals surface area contributed by atoms with Crippen molar-refractivity contribution in [1.82, 2.24) is 4.31 Å². The summed E-state index contributed by atoms with van der Waals surface area (Å²) in [6, 6.07) is 5.83. The van der Waals surface area contributed by atoms with Crippen molar-refractivity contribution in [3.63, 3.8) is 0 Å². The summed E-state index contributed by atoms with van der Waals surface area (Å²) in [5.74, 6) is -1.59. The highest BCUT2D eigenvalue weighted by atomic mass is 32.2. The highest BCUT2D eigenvalue weighted by Crippen LogP contribution is 2.31. The maximum atomic E-state index is 13.2. The lowest BCUT2D eigenvalue weighted by molar-refractivity contribution is -0.137. The van der Waals surface area contributed by atoms with Gasteiger partial charge < -0.3 is 5.11 Å². The SMILES string of the molecule is O=C(O)CCCS(=O)(=O)N(Cc1cccc(F)c1)C1CC1. The first-order valence-electron chi connectivity index (χ1n) is 6.84. The average molecular weight is 315 g/mol. The zero-order chi connectivity index (χ0) is 15.5. The standard InChI is InChI=1S/C14H18FNO4S/c15-12-4-1-3-11(9-12)10-16(13-6-7-13)21(19,20)8-2-5-14(17)18/h1,3-4,9,13H,2,5-8,10H2,(H,17,18). The molecule has 0 bridgehead atoms. The molecule has 1 aliphatic rings. The fourth-order valence-electron chi connectivity index (χ4n) is 2.16. The van der Waals surface area contributed by atoms with Crippen molar-refractivity contribution in [3.05, 3.63) is 35.6 Å². The second-order valence-corrected chi connectivity index (χ2v) is 7.26. The number of carboxylic acids is 1. The maximum Gasteiger partial charge on any atom is 0.303 e. The van der Waals surface area contributed by atoms with Gasteiger partial charge in [0.1, 0.15) is 5.82 Å². The fourth-order valence-corrected chi connectivity index (χ4v) is 3.91. The van der Waals surface area contributed by atoms with E-state index < -0.39 is 21.8 Å². The Kier molecular flexibility index (Phi) is 4.95. The van der Waals surface area contributed by atoms with Gasteiger partial charge in [0.2, 0.25) is 10.0 Å². The van der Waals surface area contributed by atoms with Gasteiger partial charge >= 0.3 is 5.97 Å². The second-order valence-electron chi connectivity index (χ2n) is 5.22. The molecular formula is C14H18FNO4S. The molecule has 1 fully saturated rings. The quantitative estimate of drug-likeness (QED) is 0.796. The van der Waals surface area contributed by atoms with Gasteiger partial charge in [-0.3, -0.25) is 4.79 Å². The molecule has 0 heterocycles. The van der Waals surface area contributed by atoms with Crippen molar-refractivity contribution in [2.24, 2.45) is 0 Å². The first kappa shape index (κ1) is 15.9. The predicted molar refractivity (Wildman–Crippen MR) is 75.6 cm³/mol. The number of nitrogens with zero attached hydrogens (tertiary/aromatic N) is 1. The van der Waals surface area contributed by atoms with E-state index in [1.165, 1.54) is 16.4 Å². The molecule has 116 valence electrons. The van der Waals surface area contributed by atoms with E-state index >= 15 is 0 Å². The molecule has 0 aromatic heterocycles. The van der Waals surface area contributed by atoms with E-state index in [1.807, 2.05) is 0 Å². The van der Waals surface area contributed by atoms with Gasteiger partial charge in [-0.1, -0.05) is 12.1 Å². The third kappa shape index (κ3) is 4.78. The minimum atomic E-state index is -3.52. The molecule has 5 nitrogen and oxygen atoms in total. The highest BCUT2D eigenvalue weighted by Gasteiger charge is 2.36. The Morgan fingerprint density at radius 3 is 2.67 bits per heavy atom. The number of rotatable bonds is 8. The molecule has 0 saturated heterocycles. The lowest BCUT2D eigenvalue weighted by Crippen LogP contribution is -2.34. The van der Waals surface area contributed by atoms with Gasteiger partial charge in [0, 0.05) is 19.0 Å². The largest absolute Gasteiger partial charge is 0.481 e. The Morgan fingerprint density at radius 2 is 2.10 bits per heavy atom. The van der Waals surface area contributed by atoms with Crippen LogP contribution in [0, 0.1) is 5.82 Å². The molecule has 1 N–H and O–H groups in total. The number of hydrogen-bond donors (Lipinski definition) is 1. The number of halogens is 1. The number of hydrogen-bond acceptors (Lipinski definition) is 3. The zero-order valence-electron chi connectivity index (χ0n) is 11.5. The number of carbonyl (C=O) groups is 1. The van der Waals surface area contributed by atoms with Gasteiger partial charge in [-0.15, -0.1) is 0 Å². The lowest BCUT2D eigenvalue weighted by Gasteiger charge is -2.22. The van der Waals surface area contributed by atoms with E-state index in [4.69, 9.17) is 5.11 Å². The Bertz CT molecular complexity index is 613. The van der Waals surface area contributed by atoms with E-state index in [0.29, 0.717) is 5.56 Å². The molecule has 0 unspecified atom stereocenters. The maximum absolute atomic E-state index is 13.2. The molecule has 0 radical (unpaired) electrons. The van der Waals surface area contributed by atoms with Crippen LogP contribution >= 0.6 is 0 Å². The minimum absolute atomic E-state index is 0.0388. The van der Waals surface area contributed by atoms with Gasteiger partial charge in [-0.05, 0) is 37.0 Å². The molecular weight excluding hydrogens is 297 g/mol. The van der Waals surface area contributed by atoms with Crippen molar-refractivity contribution >= 4 is 16.0 Å². The predicted octanol–water partition coefficient (Wildman–Crippen LogP) is 1.98. The first-order valence-corrected chi connectivity index (χ1v) is 8.45. The van der Waals surface area contributed by atoms with E-state index in [1.54, 1.807) is 12.1 Å². The van der Waals surface area contributed by atoms with E-state index in [-0.39, 0.29) is 31.2 Å². The zero-order valence-corrected chi connectivity index (χ0v) is 12.4. The van der Waals surface area contributed by atoms with E-state index in [0.717, 1.165) is 12.8 Å². The topological polar surface area (TPSA) is 74.7 Å². The summed E-state index contributed by atoms with van der Waals surface area (Å²) in [5.41, 5.74) is 0.601. The average Bonchev–Trinajstić information content (AvgIpc) is 3.19. The van der Waals surface area contributed by atoms with Gasteiger partial charge in [0.05, 0.1) is 5.75 Å². The van der Waals surface area contributed by atoms with Crippen LogP contribution in [0.15, 0.2) is 24.3 Å². The molecule has 0 aliphatic heterocycles. The van der Waals surface area contributed by atoms with Gasteiger partial charge in [0.15, 0.2) is 0 Å². The Morgan fingerprint density at radius 1 is 1.38 bits per heavy atom. The summed E-state index contributed by atoms with van der Waals surface area (Å²) in [5, 5.41) is 8.59. The van der Waals surface area contributed by atoms with Crippen molar-refractivity contribution in [2.45, 2.75) is 38.3 Å². The molecule has 1 aromatic rings. The molecule has 21 heavy (non-hydrogen) atoms. The van der Waals surface area contributed by atoms with E-state index in [9.17, 15) is 17.6 Å². The normalized spacial score (nSPS) is 15.3. The monoisotopic (exact) mass is 315 g/mol. The smallest absolute Gasteiger partial charge is 0.303 e. The minimum Gasteiger partial charge on any atom is -0.481 e.